The topological polar surface area (TPSA) is 46.6 Å². The molecule has 1 aliphatic heterocycles. The Bertz CT molecular complexity index is 242. The van der Waals surface area contributed by atoms with Gasteiger partial charge in [0.1, 0.15) is 0 Å². The van der Waals surface area contributed by atoms with Crippen LogP contribution in [0.15, 0.2) is 0 Å². The van der Waals surface area contributed by atoms with E-state index in [1.165, 1.54) is 7.11 Å². The van der Waals surface area contributed by atoms with Gasteiger partial charge in [0.25, 0.3) is 0 Å². The van der Waals surface area contributed by atoms with Gasteiger partial charge in [0.15, 0.2) is 0 Å². The summed E-state index contributed by atoms with van der Waals surface area (Å²) in [5, 5.41) is 0. The van der Waals surface area contributed by atoms with Gasteiger partial charge in [0, 0.05) is 13.1 Å². The highest BCUT2D eigenvalue weighted by Gasteiger charge is 2.32. The summed E-state index contributed by atoms with van der Waals surface area (Å²) < 4.78 is 4.63. The lowest BCUT2D eigenvalue weighted by Gasteiger charge is -2.17. The molecule has 2 atom stereocenters. The third-order valence-corrected chi connectivity index (χ3v) is 2.77. The maximum atomic E-state index is 11.5. The number of nitrogens with zero attached hydrogens (tertiary/aromatic N) is 1. The number of ether oxygens (including phenoxy) is 1. The molecule has 0 aliphatic carbocycles. The van der Waals surface area contributed by atoms with Crippen LogP contribution < -0.4 is 0 Å². The minimum atomic E-state index is -0.220. The van der Waals surface area contributed by atoms with E-state index in [0.717, 1.165) is 0 Å². The van der Waals surface area contributed by atoms with Gasteiger partial charge in [-0.05, 0) is 13.3 Å². The standard InChI is InChI=1S/C9H14BrNO3/c1-6(10)8(12)11-4-3-7(5-11)9(13)14-2/h6-7H,3-5H2,1-2H3. The van der Waals surface area contributed by atoms with E-state index in [4.69, 9.17) is 0 Å². The minimum Gasteiger partial charge on any atom is -0.469 e. The largest absolute Gasteiger partial charge is 0.469 e. The molecule has 1 rings (SSSR count). The number of methoxy groups -OCH3 is 1. The summed E-state index contributed by atoms with van der Waals surface area (Å²) in [6.45, 7) is 2.92. The predicted molar refractivity (Wildman–Crippen MR) is 55.1 cm³/mol. The van der Waals surface area contributed by atoms with Crippen molar-refractivity contribution < 1.29 is 14.3 Å². The quantitative estimate of drug-likeness (QED) is 0.547. The summed E-state index contributed by atoms with van der Waals surface area (Å²) in [7, 11) is 1.37. The van der Waals surface area contributed by atoms with Crippen LogP contribution in [0.4, 0.5) is 0 Å². The zero-order chi connectivity index (χ0) is 10.7. The molecule has 2 unspecified atom stereocenters. The van der Waals surface area contributed by atoms with Crippen LogP contribution in [0.2, 0.25) is 0 Å². The number of carbonyl (C=O) groups excluding carboxylic acids is 2. The van der Waals surface area contributed by atoms with E-state index in [9.17, 15) is 9.59 Å². The number of amides is 1. The molecule has 1 fully saturated rings. The van der Waals surface area contributed by atoms with E-state index in [1.807, 2.05) is 0 Å². The Hall–Kier alpha value is -0.580. The molecule has 0 radical (unpaired) electrons. The third kappa shape index (κ3) is 2.47. The van der Waals surface area contributed by atoms with E-state index < -0.39 is 0 Å². The fraction of sp³-hybridized carbons (Fsp3) is 0.778. The second-order valence-electron chi connectivity index (χ2n) is 3.41. The molecule has 0 N–H and O–H groups in total. The van der Waals surface area contributed by atoms with Crippen LogP contribution in [0.5, 0.6) is 0 Å². The number of alkyl halides is 1. The fourth-order valence-corrected chi connectivity index (χ4v) is 1.86. The first-order valence-electron chi connectivity index (χ1n) is 4.57. The van der Waals surface area contributed by atoms with Gasteiger partial charge in [-0.3, -0.25) is 9.59 Å². The highest BCUT2D eigenvalue weighted by molar-refractivity contribution is 9.10. The number of rotatable bonds is 2. The Labute approximate surface area is 91.7 Å². The van der Waals surface area contributed by atoms with Crippen molar-refractivity contribution in [2.45, 2.75) is 18.2 Å². The molecule has 14 heavy (non-hydrogen) atoms. The van der Waals surface area contributed by atoms with Crippen molar-refractivity contribution in [3.63, 3.8) is 0 Å². The zero-order valence-electron chi connectivity index (χ0n) is 8.33. The molecule has 80 valence electrons. The van der Waals surface area contributed by atoms with Crippen molar-refractivity contribution in [1.29, 1.82) is 0 Å². The lowest BCUT2D eigenvalue weighted by Crippen LogP contribution is -2.34. The molecule has 0 saturated carbocycles. The molecule has 1 saturated heterocycles. The molecule has 0 bridgehead atoms. The normalized spacial score (nSPS) is 23.4. The predicted octanol–water partition coefficient (Wildman–Crippen LogP) is 0.791. The first-order chi connectivity index (χ1) is 6.56. The smallest absolute Gasteiger partial charge is 0.310 e. The van der Waals surface area contributed by atoms with Gasteiger partial charge in [0.05, 0.1) is 17.9 Å². The average molecular weight is 264 g/mol. The van der Waals surface area contributed by atoms with Crippen LogP contribution in [0, 0.1) is 5.92 Å². The Morgan fingerprint density at radius 3 is 2.71 bits per heavy atom. The Balaban J connectivity index is 2.49. The van der Waals surface area contributed by atoms with E-state index >= 15 is 0 Å². The summed E-state index contributed by atoms with van der Waals surface area (Å²) in [5.41, 5.74) is 0. The number of halogens is 1. The molecule has 0 spiro atoms. The van der Waals surface area contributed by atoms with Crippen molar-refractivity contribution in [1.82, 2.24) is 4.90 Å². The summed E-state index contributed by atoms with van der Waals surface area (Å²) in [5.74, 6) is -0.325. The van der Waals surface area contributed by atoms with Gasteiger partial charge in [-0.25, -0.2) is 0 Å². The van der Waals surface area contributed by atoms with E-state index in [2.05, 4.69) is 20.7 Å². The fourth-order valence-electron chi connectivity index (χ4n) is 1.57. The lowest BCUT2D eigenvalue weighted by molar-refractivity contribution is -0.145. The van der Waals surface area contributed by atoms with Crippen LogP contribution in [-0.2, 0) is 14.3 Å². The highest BCUT2D eigenvalue weighted by atomic mass is 79.9. The molecule has 1 heterocycles. The zero-order valence-corrected chi connectivity index (χ0v) is 9.91. The monoisotopic (exact) mass is 263 g/mol. The molecule has 0 aromatic carbocycles. The van der Waals surface area contributed by atoms with Crippen LogP contribution >= 0.6 is 15.9 Å². The Morgan fingerprint density at radius 2 is 2.21 bits per heavy atom. The first kappa shape index (κ1) is 11.5. The van der Waals surface area contributed by atoms with Crippen LogP contribution in [0.25, 0.3) is 0 Å². The minimum absolute atomic E-state index is 0.0383. The van der Waals surface area contributed by atoms with Gasteiger partial charge in [-0.15, -0.1) is 0 Å². The van der Waals surface area contributed by atoms with Gasteiger partial charge >= 0.3 is 5.97 Å². The van der Waals surface area contributed by atoms with E-state index in [0.29, 0.717) is 19.5 Å². The van der Waals surface area contributed by atoms with Crippen LogP contribution in [-0.4, -0.2) is 41.8 Å². The van der Waals surface area contributed by atoms with Crippen molar-refractivity contribution in [3.8, 4) is 0 Å². The first-order valence-corrected chi connectivity index (χ1v) is 5.48. The van der Waals surface area contributed by atoms with Crippen molar-refractivity contribution in [3.05, 3.63) is 0 Å². The van der Waals surface area contributed by atoms with Crippen LogP contribution in [0.3, 0.4) is 0 Å². The Morgan fingerprint density at radius 1 is 1.57 bits per heavy atom. The third-order valence-electron chi connectivity index (χ3n) is 2.37. The highest BCUT2D eigenvalue weighted by Crippen LogP contribution is 2.19. The van der Waals surface area contributed by atoms with E-state index in [1.54, 1.807) is 11.8 Å². The maximum Gasteiger partial charge on any atom is 0.310 e. The summed E-state index contributed by atoms with van der Waals surface area (Å²) >= 11 is 3.22. The van der Waals surface area contributed by atoms with Gasteiger partial charge in [-0.2, -0.15) is 0 Å². The molecule has 1 aliphatic rings. The SMILES string of the molecule is COC(=O)C1CCN(C(=O)C(C)Br)C1. The number of carbonyl (C=O) groups is 2. The number of likely N-dealkylation sites (tertiary alicyclic amines) is 1. The second-order valence-corrected chi connectivity index (χ2v) is 4.78. The number of hydrogen-bond donors (Lipinski definition) is 0. The van der Waals surface area contributed by atoms with Crippen LogP contribution in [0.1, 0.15) is 13.3 Å². The maximum absolute atomic E-state index is 11.5. The van der Waals surface area contributed by atoms with Gasteiger partial charge < -0.3 is 9.64 Å². The molecular weight excluding hydrogens is 250 g/mol. The van der Waals surface area contributed by atoms with Gasteiger partial charge in [0.2, 0.25) is 5.91 Å². The van der Waals surface area contributed by atoms with Crippen molar-refractivity contribution >= 4 is 27.8 Å². The summed E-state index contributed by atoms with van der Waals surface area (Å²) in [4.78, 5) is 24.2. The number of esters is 1. The molecule has 1 amide bonds. The lowest BCUT2D eigenvalue weighted by atomic mass is 10.1. The average Bonchev–Trinajstić information content (AvgIpc) is 2.64. The summed E-state index contributed by atoms with van der Waals surface area (Å²) in [6.07, 6.45) is 0.706. The van der Waals surface area contributed by atoms with Crippen molar-refractivity contribution in [2.24, 2.45) is 5.92 Å². The molecular formula is C9H14BrNO3. The summed E-state index contributed by atoms with van der Waals surface area (Å²) in [6, 6.07) is 0. The van der Waals surface area contributed by atoms with Gasteiger partial charge in [-0.1, -0.05) is 15.9 Å². The Kier molecular flexibility index (Phi) is 3.92. The number of hydrogen-bond acceptors (Lipinski definition) is 3. The second kappa shape index (κ2) is 4.77. The van der Waals surface area contributed by atoms with E-state index in [-0.39, 0.29) is 22.6 Å². The molecule has 4 nitrogen and oxygen atoms in total. The molecule has 0 aromatic rings. The molecule has 5 heteroatoms. The molecule has 0 aromatic heterocycles. The van der Waals surface area contributed by atoms with Crippen molar-refractivity contribution in [2.75, 3.05) is 20.2 Å².